The SMILES string of the molecule is Fc1nccc(-c2cc(Cl)c(Cl)cc2Cl)c1F. The summed E-state index contributed by atoms with van der Waals surface area (Å²) < 4.78 is 26.5. The van der Waals surface area contributed by atoms with Crippen LogP contribution in [0.4, 0.5) is 8.78 Å². The van der Waals surface area contributed by atoms with Crippen LogP contribution < -0.4 is 0 Å². The molecule has 17 heavy (non-hydrogen) atoms. The molecule has 0 bridgehead atoms. The van der Waals surface area contributed by atoms with E-state index in [0.29, 0.717) is 0 Å². The molecule has 0 N–H and O–H groups in total. The summed E-state index contributed by atoms with van der Waals surface area (Å²) in [5, 5.41) is 0.641. The van der Waals surface area contributed by atoms with E-state index in [2.05, 4.69) is 4.98 Å². The molecular weight excluding hydrogens is 290 g/mol. The van der Waals surface area contributed by atoms with Gasteiger partial charge >= 0.3 is 0 Å². The van der Waals surface area contributed by atoms with Gasteiger partial charge in [0.1, 0.15) is 0 Å². The van der Waals surface area contributed by atoms with Gasteiger partial charge in [-0.15, -0.1) is 0 Å². The van der Waals surface area contributed by atoms with E-state index in [9.17, 15) is 8.78 Å². The summed E-state index contributed by atoms with van der Waals surface area (Å²) in [5.74, 6) is -2.27. The van der Waals surface area contributed by atoms with Crippen LogP contribution >= 0.6 is 34.8 Å². The summed E-state index contributed by atoms with van der Waals surface area (Å²) in [6.07, 6.45) is 1.15. The quantitative estimate of drug-likeness (QED) is 0.533. The molecule has 0 aliphatic heterocycles. The molecule has 1 heterocycles. The minimum Gasteiger partial charge on any atom is -0.226 e. The highest BCUT2D eigenvalue weighted by Crippen LogP contribution is 2.36. The second-order valence-electron chi connectivity index (χ2n) is 3.21. The maximum Gasteiger partial charge on any atom is 0.249 e. The van der Waals surface area contributed by atoms with Crippen molar-refractivity contribution in [2.24, 2.45) is 0 Å². The molecule has 1 aromatic carbocycles. The summed E-state index contributed by atoms with van der Waals surface area (Å²) in [4.78, 5) is 3.19. The number of hydrogen-bond donors (Lipinski definition) is 0. The van der Waals surface area contributed by atoms with Gasteiger partial charge in [-0.05, 0) is 18.2 Å². The fourth-order valence-corrected chi connectivity index (χ4v) is 2.00. The zero-order valence-corrected chi connectivity index (χ0v) is 10.4. The lowest BCUT2D eigenvalue weighted by Gasteiger charge is -2.07. The zero-order valence-electron chi connectivity index (χ0n) is 8.15. The van der Waals surface area contributed by atoms with Crippen LogP contribution in [-0.4, -0.2) is 4.98 Å². The molecule has 1 nitrogen and oxygen atoms in total. The number of benzene rings is 1. The number of pyridine rings is 1. The normalized spacial score (nSPS) is 10.6. The summed E-state index contributed by atoms with van der Waals surface area (Å²) in [7, 11) is 0. The molecule has 0 spiro atoms. The smallest absolute Gasteiger partial charge is 0.226 e. The fraction of sp³-hybridized carbons (Fsp3) is 0. The van der Waals surface area contributed by atoms with E-state index in [-0.39, 0.29) is 26.2 Å². The van der Waals surface area contributed by atoms with E-state index in [4.69, 9.17) is 34.8 Å². The molecule has 0 aliphatic rings. The minimum absolute atomic E-state index is 0.0129. The van der Waals surface area contributed by atoms with Crippen molar-refractivity contribution in [1.29, 1.82) is 0 Å². The van der Waals surface area contributed by atoms with E-state index in [1.807, 2.05) is 0 Å². The Balaban J connectivity index is 2.69. The van der Waals surface area contributed by atoms with Gasteiger partial charge in [-0.25, -0.2) is 9.37 Å². The van der Waals surface area contributed by atoms with Crippen LogP contribution in [0.3, 0.4) is 0 Å². The third-order valence-corrected chi connectivity index (χ3v) is 3.18. The molecule has 0 aliphatic carbocycles. The Morgan fingerprint density at radius 3 is 2.24 bits per heavy atom. The van der Waals surface area contributed by atoms with Gasteiger partial charge in [0, 0.05) is 17.3 Å². The highest BCUT2D eigenvalue weighted by Gasteiger charge is 2.15. The average Bonchev–Trinajstić information content (AvgIpc) is 2.28. The second kappa shape index (κ2) is 4.77. The van der Waals surface area contributed by atoms with Gasteiger partial charge < -0.3 is 0 Å². The topological polar surface area (TPSA) is 12.9 Å². The first-order chi connectivity index (χ1) is 8.00. The number of nitrogens with zero attached hydrogens (tertiary/aromatic N) is 1. The van der Waals surface area contributed by atoms with E-state index in [1.165, 1.54) is 18.2 Å². The fourth-order valence-electron chi connectivity index (χ4n) is 1.36. The van der Waals surface area contributed by atoms with Gasteiger partial charge in [-0.2, -0.15) is 4.39 Å². The summed E-state index contributed by atoms with van der Waals surface area (Å²) in [5.41, 5.74) is 0.251. The molecule has 0 radical (unpaired) electrons. The van der Waals surface area contributed by atoms with Crippen LogP contribution in [0.15, 0.2) is 24.4 Å². The highest BCUT2D eigenvalue weighted by atomic mass is 35.5. The monoisotopic (exact) mass is 293 g/mol. The van der Waals surface area contributed by atoms with Gasteiger partial charge in [0.2, 0.25) is 5.95 Å². The molecule has 0 fully saturated rings. The van der Waals surface area contributed by atoms with Gasteiger partial charge in [0.15, 0.2) is 5.82 Å². The molecule has 1 aromatic heterocycles. The Hall–Kier alpha value is -0.900. The van der Waals surface area contributed by atoms with Crippen molar-refractivity contribution in [2.45, 2.75) is 0 Å². The average molecular weight is 295 g/mol. The van der Waals surface area contributed by atoms with Crippen molar-refractivity contribution in [2.75, 3.05) is 0 Å². The van der Waals surface area contributed by atoms with Crippen LogP contribution in [0.1, 0.15) is 0 Å². The third-order valence-electron chi connectivity index (χ3n) is 2.15. The summed E-state index contributed by atoms with van der Waals surface area (Å²) in [6.45, 7) is 0. The first-order valence-corrected chi connectivity index (χ1v) is 5.59. The predicted molar refractivity (Wildman–Crippen MR) is 64.6 cm³/mol. The molecule has 6 heteroatoms. The third kappa shape index (κ3) is 2.37. The minimum atomic E-state index is -1.19. The van der Waals surface area contributed by atoms with Crippen molar-refractivity contribution < 1.29 is 8.78 Å². The van der Waals surface area contributed by atoms with E-state index < -0.39 is 11.8 Å². The Kier molecular flexibility index (Phi) is 3.52. The van der Waals surface area contributed by atoms with Crippen molar-refractivity contribution in [1.82, 2.24) is 4.98 Å². The van der Waals surface area contributed by atoms with Crippen molar-refractivity contribution in [3.63, 3.8) is 0 Å². The molecule has 0 atom stereocenters. The first-order valence-electron chi connectivity index (χ1n) is 4.45. The Bertz CT molecular complexity index is 587. The number of hydrogen-bond acceptors (Lipinski definition) is 1. The Morgan fingerprint density at radius 1 is 0.882 bits per heavy atom. The molecular formula is C11H4Cl3F2N. The largest absolute Gasteiger partial charge is 0.249 e. The van der Waals surface area contributed by atoms with Crippen LogP contribution in [0.5, 0.6) is 0 Å². The Labute approximate surface area is 111 Å². The number of halogens is 5. The van der Waals surface area contributed by atoms with Crippen molar-refractivity contribution in [3.8, 4) is 11.1 Å². The van der Waals surface area contributed by atoms with Crippen LogP contribution in [0, 0.1) is 11.8 Å². The highest BCUT2D eigenvalue weighted by molar-refractivity contribution is 6.44. The molecule has 0 saturated carbocycles. The lowest BCUT2D eigenvalue weighted by Crippen LogP contribution is -1.93. The van der Waals surface area contributed by atoms with E-state index in [0.717, 1.165) is 6.20 Å². The van der Waals surface area contributed by atoms with Gasteiger partial charge in [-0.1, -0.05) is 34.8 Å². The van der Waals surface area contributed by atoms with Crippen LogP contribution in [-0.2, 0) is 0 Å². The lowest BCUT2D eigenvalue weighted by molar-refractivity contribution is 0.482. The van der Waals surface area contributed by atoms with Crippen molar-refractivity contribution in [3.05, 3.63) is 51.2 Å². The van der Waals surface area contributed by atoms with Crippen LogP contribution in [0.25, 0.3) is 11.1 Å². The molecule has 0 amide bonds. The number of aromatic nitrogens is 1. The van der Waals surface area contributed by atoms with Gasteiger partial charge in [0.05, 0.1) is 15.1 Å². The predicted octanol–water partition coefficient (Wildman–Crippen LogP) is 4.99. The Morgan fingerprint density at radius 2 is 1.53 bits per heavy atom. The molecule has 2 rings (SSSR count). The molecule has 0 saturated heterocycles. The maximum atomic E-state index is 13.5. The standard InChI is InChI=1S/C11H4Cl3F2N/c12-7-4-9(14)8(13)3-6(7)5-1-2-17-11(16)10(5)15/h1-4H. The van der Waals surface area contributed by atoms with E-state index in [1.54, 1.807) is 0 Å². The van der Waals surface area contributed by atoms with Gasteiger partial charge in [0.25, 0.3) is 0 Å². The zero-order chi connectivity index (χ0) is 12.6. The molecule has 2 aromatic rings. The summed E-state index contributed by atoms with van der Waals surface area (Å²) >= 11 is 17.5. The van der Waals surface area contributed by atoms with Crippen molar-refractivity contribution >= 4 is 34.8 Å². The summed E-state index contributed by atoms with van der Waals surface area (Å²) in [6, 6.07) is 4.06. The maximum absolute atomic E-state index is 13.5. The molecule has 88 valence electrons. The van der Waals surface area contributed by atoms with Crippen LogP contribution in [0.2, 0.25) is 15.1 Å². The lowest BCUT2D eigenvalue weighted by atomic mass is 10.1. The number of rotatable bonds is 1. The van der Waals surface area contributed by atoms with E-state index >= 15 is 0 Å². The molecule has 0 unspecified atom stereocenters. The second-order valence-corrected chi connectivity index (χ2v) is 4.43. The first kappa shape index (κ1) is 12.6. The van der Waals surface area contributed by atoms with Gasteiger partial charge in [-0.3, -0.25) is 0 Å².